The molecule has 2 heterocycles. The molecule has 6 rings (SSSR count). The van der Waals surface area contributed by atoms with Crippen molar-refractivity contribution in [2.45, 2.75) is 39.3 Å². The number of nitrogens with zero attached hydrogens (tertiary/aromatic N) is 2. The lowest BCUT2D eigenvalue weighted by Crippen LogP contribution is -2.47. The van der Waals surface area contributed by atoms with E-state index in [1.807, 2.05) is 42.5 Å². The molecular weight excluding hydrogens is 520 g/mol. The Morgan fingerprint density at radius 1 is 0.952 bits per heavy atom. The molecule has 1 aliphatic heterocycles. The molecule has 2 amide bonds. The molecule has 4 aromatic carbocycles. The number of aryl methyl sites for hydroxylation is 1. The number of rotatable bonds is 7. The van der Waals surface area contributed by atoms with Crippen LogP contribution in [0, 0.1) is 24.2 Å². The molecule has 0 aliphatic carbocycles. The molecule has 0 saturated heterocycles. The lowest BCUT2D eigenvalue weighted by atomic mass is 9.91. The first-order chi connectivity index (χ1) is 20.4. The maximum absolute atomic E-state index is 14.3. The van der Waals surface area contributed by atoms with Crippen LogP contribution in [0.4, 0.5) is 5.69 Å². The number of anilines is 1. The quantitative estimate of drug-likeness (QED) is 0.218. The van der Waals surface area contributed by atoms with E-state index in [1.165, 1.54) is 0 Å². The summed E-state index contributed by atoms with van der Waals surface area (Å²) in [4.78, 5) is 33.8. The average Bonchev–Trinajstić information content (AvgIpc) is 3.51. The van der Waals surface area contributed by atoms with Crippen LogP contribution in [0.15, 0.2) is 97.1 Å². The van der Waals surface area contributed by atoms with Gasteiger partial charge in [-0.25, -0.2) is 0 Å². The van der Waals surface area contributed by atoms with E-state index in [2.05, 4.69) is 67.5 Å². The Balaban J connectivity index is 1.53. The average molecular weight is 553 g/mol. The number of benzene rings is 4. The Kier molecular flexibility index (Phi) is 7.10. The molecule has 0 fully saturated rings. The zero-order valence-electron chi connectivity index (χ0n) is 23.9. The van der Waals surface area contributed by atoms with Crippen LogP contribution in [0.25, 0.3) is 22.2 Å². The first-order valence-corrected chi connectivity index (χ1v) is 14.3. The molecule has 2 atom stereocenters. The number of para-hydroxylation sites is 1. The standard InChI is InChI=1S/C36H32N4O2/c1-22(2)20-31(35(41)38-26-18-14-24(21-37)15-19-26)40-34(27-8-4-5-9-28(27)36(40)42)32-29-10-6-7-11-30(29)39-33(32)25-16-12-23(3)13-17-25/h4-19,22,31,34,39H,20H2,1-3H3,(H,38,41). The highest BCUT2D eigenvalue weighted by atomic mass is 16.2. The number of hydrogen-bond acceptors (Lipinski definition) is 3. The van der Waals surface area contributed by atoms with E-state index in [1.54, 1.807) is 29.2 Å². The number of H-pyrrole nitrogens is 1. The van der Waals surface area contributed by atoms with Crippen molar-refractivity contribution in [1.29, 1.82) is 5.26 Å². The van der Waals surface area contributed by atoms with E-state index in [4.69, 9.17) is 0 Å². The fourth-order valence-electron chi connectivity index (χ4n) is 6.00. The monoisotopic (exact) mass is 552 g/mol. The Hall–Kier alpha value is -5.15. The van der Waals surface area contributed by atoms with Crippen LogP contribution in [-0.4, -0.2) is 27.7 Å². The first-order valence-electron chi connectivity index (χ1n) is 14.3. The van der Waals surface area contributed by atoms with Crippen molar-refractivity contribution in [2.75, 3.05) is 5.32 Å². The second-order valence-electron chi connectivity index (χ2n) is 11.4. The fourth-order valence-corrected chi connectivity index (χ4v) is 6.00. The van der Waals surface area contributed by atoms with Gasteiger partial charge >= 0.3 is 0 Å². The minimum atomic E-state index is -0.731. The van der Waals surface area contributed by atoms with Gasteiger partial charge in [-0.1, -0.05) is 80.1 Å². The summed E-state index contributed by atoms with van der Waals surface area (Å²) in [6.07, 6.45) is 0.487. The Morgan fingerprint density at radius 2 is 1.64 bits per heavy atom. The van der Waals surface area contributed by atoms with Gasteiger partial charge in [0.25, 0.3) is 5.91 Å². The van der Waals surface area contributed by atoms with Gasteiger partial charge in [0, 0.05) is 27.7 Å². The Morgan fingerprint density at radius 3 is 2.36 bits per heavy atom. The van der Waals surface area contributed by atoms with Crippen LogP contribution in [0.1, 0.15) is 58.9 Å². The smallest absolute Gasteiger partial charge is 0.255 e. The number of hydrogen-bond donors (Lipinski definition) is 2. The number of aromatic nitrogens is 1. The van der Waals surface area contributed by atoms with Crippen molar-refractivity contribution >= 4 is 28.4 Å². The number of amides is 2. The Labute approximate surface area is 245 Å². The first kappa shape index (κ1) is 27.0. The molecule has 1 aromatic heterocycles. The normalized spacial score (nSPS) is 15.1. The molecule has 42 heavy (non-hydrogen) atoms. The molecule has 6 heteroatoms. The van der Waals surface area contributed by atoms with Gasteiger partial charge in [0.05, 0.1) is 23.4 Å². The van der Waals surface area contributed by atoms with Crippen LogP contribution in [0.3, 0.4) is 0 Å². The number of nitrogens with one attached hydrogen (secondary N) is 2. The van der Waals surface area contributed by atoms with Crippen molar-refractivity contribution in [3.63, 3.8) is 0 Å². The maximum Gasteiger partial charge on any atom is 0.255 e. The molecule has 208 valence electrons. The van der Waals surface area contributed by atoms with Crippen molar-refractivity contribution in [3.05, 3.63) is 125 Å². The third-order valence-corrected chi connectivity index (χ3v) is 7.97. The van der Waals surface area contributed by atoms with E-state index < -0.39 is 12.1 Å². The summed E-state index contributed by atoms with van der Waals surface area (Å²) in [5.41, 5.74) is 7.67. The van der Waals surface area contributed by atoms with Gasteiger partial charge in [0.2, 0.25) is 5.91 Å². The van der Waals surface area contributed by atoms with Gasteiger partial charge in [-0.3, -0.25) is 9.59 Å². The molecule has 0 spiro atoms. The summed E-state index contributed by atoms with van der Waals surface area (Å²) >= 11 is 0. The van der Waals surface area contributed by atoms with Crippen LogP contribution in [0.2, 0.25) is 0 Å². The Bertz CT molecular complexity index is 1830. The highest BCUT2D eigenvalue weighted by molar-refractivity contribution is 6.06. The fraction of sp³-hybridized carbons (Fsp3) is 0.194. The largest absolute Gasteiger partial charge is 0.354 e. The number of carbonyl (C=O) groups is 2. The highest BCUT2D eigenvalue weighted by Crippen LogP contribution is 2.47. The zero-order chi connectivity index (χ0) is 29.4. The SMILES string of the molecule is Cc1ccc(-c2[nH]c3ccccc3c2C2c3ccccc3C(=O)N2C(CC(C)C)C(=O)Nc2ccc(C#N)cc2)cc1. The second kappa shape index (κ2) is 11.0. The van der Waals surface area contributed by atoms with Crippen molar-refractivity contribution in [2.24, 2.45) is 5.92 Å². The van der Waals surface area contributed by atoms with Crippen molar-refractivity contribution < 1.29 is 9.59 Å². The molecule has 2 unspecified atom stereocenters. The molecule has 6 nitrogen and oxygen atoms in total. The lowest BCUT2D eigenvalue weighted by molar-refractivity contribution is -0.121. The van der Waals surface area contributed by atoms with Crippen molar-refractivity contribution in [1.82, 2.24) is 9.88 Å². The minimum Gasteiger partial charge on any atom is -0.354 e. The van der Waals surface area contributed by atoms with Crippen molar-refractivity contribution in [3.8, 4) is 17.3 Å². The third-order valence-electron chi connectivity index (χ3n) is 7.97. The maximum atomic E-state index is 14.3. The molecular formula is C36H32N4O2. The summed E-state index contributed by atoms with van der Waals surface area (Å²) in [5, 5.41) is 13.2. The van der Waals surface area contributed by atoms with Crippen LogP contribution in [-0.2, 0) is 4.79 Å². The predicted octanol–water partition coefficient (Wildman–Crippen LogP) is 7.61. The van der Waals surface area contributed by atoms with E-state index in [9.17, 15) is 14.9 Å². The minimum absolute atomic E-state index is 0.151. The molecule has 0 radical (unpaired) electrons. The second-order valence-corrected chi connectivity index (χ2v) is 11.4. The third kappa shape index (κ3) is 4.84. The zero-order valence-corrected chi connectivity index (χ0v) is 23.9. The lowest BCUT2D eigenvalue weighted by Gasteiger charge is -2.34. The van der Waals surface area contributed by atoms with Gasteiger partial charge in [-0.2, -0.15) is 5.26 Å². The van der Waals surface area contributed by atoms with Gasteiger partial charge in [-0.15, -0.1) is 0 Å². The molecule has 5 aromatic rings. The summed E-state index contributed by atoms with van der Waals surface area (Å²) in [5.74, 6) is -0.258. The highest BCUT2D eigenvalue weighted by Gasteiger charge is 2.45. The topological polar surface area (TPSA) is 89.0 Å². The van der Waals surface area contributed by atoms with Gasteiger partial charge in [0.15, 0.2) is 0 Å². The van der Waals surface area contributed by atoms with Gasteiger partial charge in [0.1, 0.15) is 6.04 Å². The number of fused-ring (bicyclic) bond motifs is 2. The number of aromatic amines is 1. The summed E-state index contributed by atoms with van der Waals surface area (Å²) in [6.45, 7) is 6.19. The van der Waals surface area contributed by atoms with Gasteiger partial charge < -0.3 is 15.2 Å². The number of nitriles is 1. The molecule has 1 aliphatic rings. The molecule has 0 bridgehead atoms. The van der Waals surface area contributed by atoms with E-state index in [0.29, 0.717) is 23.2 Å². The van der Waals surface area contributed by atoms with Crippen LogP contribution < -0.4 is 5.32 Å². The van der Waals surface area contributed by atoms with E-state index >= 15 is 0 Å². The summed E-state index contributed by atoms with van der Waals surface area (Å²) < 4.78 is 0. The predicted molar refractivity (Wildman–Crippen MR) is 166 cm³/mol. The van der Waals surface area contributed by atoms with Gasteiger partial charge in [-0.05, 0) is 66.8 Å². The summed E-state index contributed by atoms with van der Waals surface area (Å²) in [7, 11) is 0. The summed E-state index contributed by atoms with van der Waals surface area (Å²) in [6, 6.07) is 31.9. The molecule has 0 saturated carbocycles. The van der Waals surface area contributed by atoms with E-state index in [-0.39, 0.29) is 17.7 Å². The van der Waals surface area contributed by atoms with Crippen LogP contribution in [0.5, 0.6) is 0 Å². The van der Waals surface area contributed by atoms with Crippen LogP contribution >= 0.6 is 0 Å². The molecule has 2 N–H and O–H groups in total. The van der Waals surface area contributed by atoms with E-state index in [0.717, 1.165) is 38.9 Å². The number of carbonyl (C=O) groups excluding carboxylic acids is 2.